The first kappa shape index (κ1) is 17.2. The molecule has 1 aromatic heterocycles. The Kier molecular flexibility index (Phi) is 6.04. The zero-order valence-electron chi connectivity index (χ0n) is 14.2. The summed E-state index contributed by atoms with van der Waals surface area (Å²) in [6.45, 7) is 3.07. The maximum atomic E-state index is 12.3. The van der Waals surface area contributed by atoms with E-state index < -0.39 is 0 Å². The number of carbonyl (C=O) groups is 1. The number of nitrogens with one attached hydrogen (secondary N) is 1. The fourth-order valence-electron chi connectivity index (χ4n) is 3.11. The number of likely N-dealkylation sites (tertiary alicyclic amines) is 1. The Bertz CT molecular complexity index is 640. The fourth-order valence-corrected chi connectivity index (χ4v) is 4.20. The van der Waals surface area contributed by atoms with Gasteiger partial charge in [0.2, 0.25) is 0 Å². The summed E-state index contributed by atoms with van der Waals surface area (Å²) in [6, 6.07) is 8.30. The van der Waals surface area contributed by atoms with Crippen molar-refractivity contribution in [2.75, 3.05) is 33.4 Å². The minimum atomic E-state index is 0.0539. The molecule has 0 aliphatic carbocycles. The Morgan fingerprint density at radius 3 is 3.12 bits per heavy atom. The number of hydrogen-bond donors (Lipinski definition) is 1. The number of amides is 2. The zero-order valence-corrected chi connectivity index (χ0v) is 15.0. The van der Waals surface area contributed by atoms with Crippen molar-refractivity contribution in [3.8, 4) is 0 Å². The molecule has 1 fully saturated rings. The summed E-state index contributed by atoms with van der Waals surface area (Å²) in [5.74, 6) is 0.357. The number of ether oxygens (including phenoxy) is 1. The molecule has 1 aliphatic heterocycles. The largest absolute Gasteiger partial charge is 0.385 e. The molecule has 1 aromatic carbocycles. The number of piperidine rings is 1. The molecule has 2 aromatic rings. The summed E-state index contributed by atoms with van der Waals surface area (Å²) in [6.07, 6.45) is 4.08. The van der Waals surface area contributed by atoms with Gasteiger partial charge in [0.25, 0.3) is 0 Å². The van der Waals surface area contributed by atoms with Gasteiger partial charge in [0.15, 0.2) is 0 Å². The average molecular weight is 347 g/mol. The van der Waals surface area contributed by atoms with Crippen molar-refractivity contribution in [3.63, 3.8) is 0 Å². The summed E-state index contributed by atoms with van der Waals surface area (Å²) in [4.78, 5) is 19.1. The second kappa shape index (κ2) is 8.44. The smallest absolute Gasteiger partial charge is 0.317 e. The van der Waals surface area contributed by atoms with Crippen LogP contribution in [0.25, 0.3) is 10.2 Å². The highest BCUT2D eigenvalue weighted by Gasteiger charge is 2.26. The van der Waals surface area contributed by atoms with Crippen LogP contribution < -0.4 is 5.32 Å². The monoisotopic (exact) mass is 347 g/mol. The van der Waals surface area contributed by atoms with Crippen LogP contribution in [0.3, 0.4) is 0 Å². The van der Waals surface area contributed by atoms with Gasteiger partial charge in [0, 0.05) is 39.3 Å². The summed E-state index contributed by atoms with van der Waals surface area (Å²) >= 11 is 1.76. The van der Waals surface area contributed by atoms with Crippen LogP contribution in [0.1, 0.15) is 36.6 Å². The van der Waals surface area contributed by atoms with E-state index in [1.165, 1.54) is 4.70 Å². The number of para-hydroxylation sites is 1. The topological polar surface area (TPSA) is 54.5 Å². The van der Waals surface area contributed by atoms with E-state index in [0.29, 0.717) is 12.5 Å². The Morgan fingerprint density at radius 1 is 1.42 bits per heavy atom. The number of nitrogens with zero attached hydrogens (tertiary/aromatic N) is 2. The highest BCUT2D eigenvalue weighted by atomic mass is 32.1. The molecule has 1 atom stereocenters. The number of hydrogen-bond acceptors (Lipinski definition) is 4. The van der Waals surface area contributed by atoms with Gasteiger partial charge in [-0.15, -0.1) is 11.3 Å². The summed E-state index contributed by atoms with van der Waals surface area (Å²) in [5, 5.41) is 4.19. The SMILES string of the molecule is COCCCCNC(=O)N1CCC[C@H](c2nc3ccccc3s2)C1. The first-order valence-electron chi connectivity index (χ1n) is 8.65. The van der Waals surface area contributed by atoms with Crippen LogP contribution in [0.15, 0.2) is 24.3 Å². The number of methoxy groups -OCH3 is 1. The highest BCUT2D eigenvalue weighted by molar-refractivity contribution is 7.18. The Balaban J connectivity index is 1.54. The first-order valence-corrected chi connectivity index (χ1v) is 9.47. The maximum Gasteiger partial charge on any atom is 0.317 e. The third-order valence-corrected chi connectivity index (χ3v) is 5.62. The van der Waals surface area contributed by atoms with E-state index in [2.05, 4.69) is 23.5 Å². The molecule has 0 saturated carbocycles. The number of rotatable bonds is 6. The number of aromatic nitrogens is 1. The van der Waals surface area contributed by atoms with E-state index in [9.17, 15) is 4.79 Å². The van der Waals surface area contributed by atoms with Gasteiger partial charge >= 0.3 is 6.03 Å². The molecule has 0 spiro atoms. The van der Waals surface area contributed by atoms with Gasteiger partial charge in [-0.3, -0.25) is 0 Å². The molecule has 0 bridgehead atoms. The molecule has 1 saturated heterocycles. The number of benzene rings is 1. The fraction of sp³-hybridized carbons (Fsp3) is 0.556. The van der Waals surface area contributed by atoms with Crippen molar-refractivity contribution in [1.82, 2.24) is 15.2 Å². The van der Waals surface area contributed by atoms with Gasteiger partial charge < -0.3 is 15.0 Å². The van der Waals surface area contributed by atoms with Crippen LogP contribution in [0.4, 0.5) is 4.79 Å². The average Bonchev–Trinajstić information content (AvgIpc) is 3.06. The molecule has 1 N–H and O–H groups in total. The van der Waals surface area contributed by atoms with E-state index in [-0.39, 0.29) is 6.03 Å². The van der Waals surface area contributed by atoms with E-state index >= 15 is 0 Å². The normalized spacial score (nSPS) is 18.0. The number of thiazole rings is 1. The predicted molar refractivity (Wildman–Crippen MR) is 97.7 cm³/mol. The van der Waals surface area contributed by atoms with Crippen LogP contribution in [0.2, 0.25) is 0 Å². The molecule has 3 rings (SSSR count). The summed E-state index contributed by atoms with van der Waals surface area (Å²) in [5.41, 5.74) is 1.07. The van der Waals surface area contributed by atoms with E-state index in [1.807, 2.05) is 11.0 Å². The van der Waals surface area contributed by atoms with E-state index in [0.717, 1.165) is 55.9 Å². The van der Waals surface area contributed by atoms with Crippen molar-refractivity contribution >= 4 is 27.6 Å². The molecule has 2 amide bonds. The maximum absolute atomic E-state index is 12.3. The second-order valence-corrected chi connectivity index (χ2v) is 7.30. The van der Waals surface area contributed by atoms with E-state index in [4.69, 9.17) is 9.72 Å². The summed E-state index contributed by atoms with van der Waals surface area (Å²) < 4.78 is 6.25. The number of fused-ring (bicyclic) bond motifs is 1. The van der Waals surface area contributed by atoms with Crippen LogP contribution in [-0.4, -0.2) is 49.3 Å². The van der Waals surface area contributed by atoms with Crippen molar-refractivity contribution in [1.29, 1.82) is 0 Å². The third-order valence-electron chi connectivity index (χ3n) is 4.42. The molecule has 24 heavy (non-hydrogen) atoms. The molecule has 2 heterocycles. The highest BCUT2D eigenvalue weighted by Crippen LogP contribution is 2.32. The molecule has 1 aliphatic rings. The molecule has 0 unspecified atom stereocenters. The van der Waals surface area contributed by atoms with Gasteiger partial charge in [-0.05, 0) is 37.8 Å². The molecule has 5 nitrogen and oxygen atoms in total. The van der Waals surface area contributed by atoms with Crippen molar-refractivity contribution in [2.24, 2.45) is 0 Å². The lowest BCUT2D eigenvalue weighted by Crippen LogP contribution is -2.45. The quantitative estimate of drug-likeness (QED) is 0.812. The zero-order chi connectivity index (χ0) is 16.8. The molecule has 130 valence electrons. The van der Waals surface area contributed by atoms with Gasteiger partial charge in [-0.1, -0.05) is 12.1 Å². The molecular formula is C18H25N3O2S. The van der Waals surface area contributed by atoms with Crippen LogP contribution >= 0.6 is 11.3 Å². The van der Waals surface area contributed by atoms with Gasteiger partial charge in [-0.2, -0.15) is 0 Å². The second-order valence-electron chi connectivity index (χ2n) is 6.24. The van der Waals surface area contributed by atoms with Gasteiger partial charge in [0.1, 0.15) is 0 Å². The van der Waals surface area contributed by atoms with Crippen LogP contribution in [0.5, 0.6) is 0 Å². The minimum absolute atomic E-state index is 0.0539. The third kappa shape index (κ3) is 4.24. The lowest BCUT2D eigenvalue weighted by atomic mass is 9.99. The van der Waals surface area contributed by atoms with Gasteiger partial charge in [-0.25, -0.2) is 9.78 Å². The molecule has 0 radical (unpaired) electrons. The lowest BCUT2D eigenvalue weighted by Gasteiger charge is -2.31. The number of urea groups is 1. The molecule has 6 heteroatoms. The van der Waals surface area contributed by atoms with Crippen LogP contribution in [0, 0.1) is 0 Å². The van der Waals surface area contributed by atoms with E-state index in [1.54, 1.807) is 18.4 Å². The molecular weight excluding hydrogens is 322 g/mol. The predicted octanol–water partition coefficient (Wildman–Crippen LogP) is 3.61. The standard InChI is InChI=1S/C18H25N3O2S/c1-23-12-5-4-10-19-18(22)21-11-6-7-14(13-21)17-20-15-8-2-3-9-16(15)24-17/h2-3,8-9,14H,4-7,10-13H2,1H3,(H,19,22)/t14-/m0/s1. The Morgan fingerprint density at radius 2 is 2.29 bits per heavy atom. The number of unbranched alkanes of at least 4 members (excludes halogenated alkanes) is 1. The Labute approximate surface area is 147 Å². The first-order chi connectivity index (χ1) is 11.8. The van der Waals surface area contributed by atoms with Crippen molar-refractivity contribution in [2.45, 2.75) is 31.6 Å². The summed E-state index contributed by atoms with van der Waals surface area (Å²) in [7, 11) is 1.70. The number of carbonyl (C=O) groups excluding carboxylic acids is 1. The minimum Gasteiger partial charge on any atom is -0.385 e. The van der Waals surface area contributed by atoms with Crippen molar-refractivity contribution < 1.29 is 9.53 Å². The van der Waals surface area contributed by atoms with Crippen molar-refractivity contribution in [3.05, 3.63) is 29.3 Å². The Hall–Kier alpha value is -1.66. The van der Waals surface area contributed by atoms with Crippen LogP contribution in [-0.2, 0) is 4.74 Å². The lowest BCUT2D eigenvalue weighted by molar-refractivity contribution is 0.176. The van der Waals surface area contributed by atoms with Gasteiger partial charge in [0.05, 0.1) is 15.2 Å².